The zero-order valence-corrected chi connectivity index (χ0v) is 13.2. The minimum Gasteiger partial charge on any atom is -0.504 e. The lowest BCUT2D eigenvalue weighted by Crippen LogP contribution is -1.86. The van der Waals surface area contributed by atoms with Gasteiger partial charge < -0.3 is 9.84 Å². The molecule has 2 aromatic rings. The number of benzene rings is 2. The van der Waals surface area contributed by atoms with Crippen LogP contribution in [0.15, 0.2) is 49.8 Å². The Morgan fingerprint density at radius 3 is 2.00 bits per heavy atom. The van der Waals surface area contributed by atoms with Crippen molar-refractivity contribution in [2.45, 2.75) is 0 Å². The highest BCUT2D eigenvalue weighted by Gasteiger charge is 2.07. The largest absolute Gasteiger partial charge is 0.504 e. The zero-order valence-electron chi connectivity index (χ0n) is 8.45. The Balaban J connectivity index is 2.31. The number of phenolic OH excluding ortho intramolecular Hbond substituents is 1. The van der Waals surface area contributed by atoms with Gasteiger partial charge in [0.15, 0.2) is 11.5 Å². The Bertz CT molecular complexity index is 506. The molecule has 0 aliphatic carbocycles. The molecule has 0 atom stereocenters. The quantitative estimate of drug-likeness (QED) is 0.695. The third kappa shape index (κ3) is 3.24. The van der Waals surface area contributed by atoms with Crippen molar-refractivity contribution in [2.75, 3.05) is 0 Å². The normalized spacial score (nSPS) is 10.3. The molecule has 0 aliphatic heterocycles. The molecule has 2 aromatic carbocycles. The predicted molar refractivity (Wildman–Crippen MR) is 77.7 cm³/mol. The van der Waals surface area contributed by atoms with Crippen LogP contribution in [0.5, 0.6) is 17.2 Å². The molecule has 5 heteroatoms. The van der Waals surface area contributed by atoms with Gasteiger partial charge in [0.05, 0.1) is 4.47 Å². The van der Waals surface area contributed by atoms with Gasteiger partial charge >= 0.3 is 0 Å². The summed E-state index contributed by atoms with van der Waals surface area (Å²) in [6, 6.07) is 10.7. The molecule has 0 unspecified atom stereocenters. The van der Waals surface area contributed by atoms with Gasteiger partial charge in [-0.15, -0.1) is 0 Å². The minimum absolute atomic E-state index is 0.0918. The van der Waals surface area contributed by atoms with Crippen molar-refractivity contribution in [3.8, 4) is 17.2 Å². The van der Waals surface area contributed by atoms with Crippen molar-refractivity contribution in [2.24, 2.45) is 0 Å². The van der Waals surface area contributed by atoms with Gasteiger partial charge in [0.25, 0.3) is 0 Å². The van der Waals surface area contributed by atoms with E-state index in [1.807, 2.05) is 24.3 Å². The van der Waals surface area contributed by atoms with E-state index in [9.17, 15) is 5.11 Å². The molecule has 0 bridgehead atoms. The van der Waals surface area contributed by atoms with Crippen LogP contribution in [0.4, 0.5) is 0 Å². The molecule has 0 radical (unpaired) electrons. The van der Waals surface area contributed by atoms with Crippen LogP contribution < -0.4 is 4.74 Å². The van der Waals surface area contributed by atoms with Crippen LogP contribution in [0.3, 0.4) is 0 Å². The molecule has 88 valence electrons. The Labute approximate surface area is 124 Å². The lowest BCUT2D eigenvalue weighted by atomic mass is 10.3. The smallest absolute Gasteiger partial charge is 0.169 e. The summed E-state index contributed by atoms with van der Waals surface area (Å²) in [5.74, 6) is 1.15. The summed E-state index contributed by atoms with van der Waals surface area (Å²) in [6.45, 7) is 0. The molecule has 2 rings (SSSR count). The Hall–Kier alpha value is -0.520. The molecule has 2 nitrogen and oxygen atoms in total. The first-order valence-electron chi connectivity index (χ1n) is 4.67. The maximum atomic E-state index is 9.72. The van der Waals surface area contributed by atoms with Gasteiger partial charge in [0.1, 0.15) is 5.75 Å². The highest BCUT2D eigenvalue weighted by Crippen LogP contribution is 2.36. The minimum atomic E-state index is 0.0918. The van der Waals surface area contributed by atoms with E-state index in [2.05, 4.69) is 47.8 Å². The van der Waals surface area contributed by atoms with E-state index in [0.717, 1.165) is 13.4 Å². The van der Waals surface area contributed by atoms with Crippen LogP contribution in [0.2, 0.25) is 0 Å². The number of rotatable bonds is 2. The topological polar surface area (TPSA) is 29.5 Å². The first kappa shape index (κ1) is 12.9. The van der Waals surface area contributed by atoms with Gasteiger partial charge in [0, 0.05) is 8.95 Å². The van der Waals surface area contributed by atoms with Crippen LogP contribution in [-0.4, -0.2) is 5.11 Å². The number of aromatic hydroxyl groups is 1. The van der Waals surface area contributed by atoms with E-state index < -0.39 is 0 Å². The Kier molecular flexibility index (Phi) is 4.12. The van der Waals surface area contributed by atoms with E-state index >= 15 is 0 Å². The average molecular weight is 423 g/mol. The molecule has 0 saturated heterocycles. The number of hydrogen-bond acceptors (Lipinski definition) is 2. The van der Waals surface area contributed by atoms with Gasteiger partial charge in [-0.2, -0.15) is 0 Å². The fourth-order valence-electron chi connectivity index (χ4n) is 1.25. The Morgan fingerprint density at radius 2 is 1.41 bits per heavy atom. The summed E-state index contributed by atoms with van der Waals surface area (Å²) in [4.78, 5) is 0. The van der Waals surface area contributed by atoms with Crippen molar-refractivity contribution >= 4 is 47.8 Å². The summed E-state index contributed by atoms with van der Waals surface area (Å²) in [6.07, 6.45) is 0. The average Bonchev–Trinajstić information content (AvgIpc) is 2.25. The van der Waals surface area contributed by atoms with Gasteiger partial charge in [-0.1, -0.05) is 31.9 Å². The van der Waals surface area contributed by atoms with Crippen LogP contribution in [0.25, 0.3) is 0 Å². The molecular weight excluding hydrogens is 416 g/mol. The second-order valence-corrected chi connectivity index (χ2v) is 5.97. The van der Waals surface area contributed by atoms with Crippen molar-refractivity contribution in [3.63, 3.8) is 0 Å². The zero-order chi connectivity index (χ0) is 12.4. The number of phenols is 1. The molecule has 0 amide bonds. The van der Waals surface area contributed by atoms with E-state index in [-0.39, 0.29) is 5.75 Å². The molecule has 1 N–H and O–H groups in total. The van der Waals surface area contributed by atoms with E-state index in [1.165, 1.54) is 0 Å². The summed E-state index contributed by atoms with van der Waals surface area (Å²) in [5.41, 5.74) is 0. The monoisotopic (exact) mass is 420 g/mol. The van der Waals surface area contributed by atoms with Crippen molar-refractivity contribution in [1.29, 1.82) is 0 Å². The first-order valence-corrected chi connectivity index (χ1v) is 7.05. The van der Waals surface area contributed by atoms with E-state index in [0.29, 0.717) is 11.5 Å². The molecular formula is C12H7Br3O2. The summed E-state index contributed by atoms with van der Waals surface area (Å²) in [5, 5.41) is 9.72. The van der Waals surface area contributed by atoms with Crippen molar-refractivity contribution in [3.05, 3.63) is 49.8 Å². The lowest BCUT2D eigenvalue weighted by Gasteiger charge is -2.09. The van der Waals surface area contributed by atoms with Crippen LogP contribution in [0, 0.1) is 0 Å². The Morgan fingerprint density at radius 1 is 0.824 bits per heavy atom. The van der Waals surface area contributed by atoms with Crippen LogP contribution >= 0.6 is 47.8 Å². The van der Waals surface area contributed by atoms with Gasteiger partial charge in [-0.25, -0.2) is 0 Å². The molecule has 0 fully saturated rings. The lowest BCUT2D eigenvalue weighted by molar-refractivity contribution is 0.409. The molecule has 17 heavy (non-hydrogen) atoms. The van der Waals surface area contributed by atoms with Gasteiger partial charge in [-0.05, 0) is 52.3 Å². The summed E-state index contributed by atoms with van der Waals surface area (Å²) >= 11 is 10.0. The molecule has 0 heterocycles. The maximum Gasteiger partial charge on any atom is 0.169 e. The van der Waals surface area contributed by atoms with Gasteiger partial charge in [0.2, 0.25) is 0 Å². The van der Waals surface area contributed by atoms with Crippen LogP contribution in [0.1, 0.15) is 0 Å². The van der Waals surface area contributed by atoms with E-state index in [1.54, 1.807) is 12.1 Å². The van der Waals surface area contributed by atoms with Crippen LogP contribution in [-0.2, 0) is 0 Å². The summed E-state index contributed by atoms with van der Waals surface area (Å²) < 4.78 is 8.18. The highest BCUT2D eigenvalue weighted by atomic mass is 79.9. The first-order chi connectivity index (χ1) is 8.06. The number of halogens is 3. The standard InChI is InChI=1S/C12H7Br3O2/c13-7-1-3-11(9(15)5-7)17-12-4-2-8(14)6-10(12)16/h1-6,16H. The third-order valence-electron chi connectivity index (χ3n) is 2.03. The molecule has 0 spiro atoms. The summed E-state index contributed by atoms with van der Waals surface area (Å²) in [7, 11) is 0. The third-order valence-corrected chi connectivity index (χ3v) is 3.64. The second kappa shape index (κ2) is 5.42. The van der Waals surface area contributed by atoms with Crippen molar-refractivity contribution < 1.29 is 9.84 Å². The SMILES string of the molecule is Oc1cc(Br)ccc1Oc1ccc(Br)cc1Br. The van der Waals surface area contributed by atoms with Gasteiger partial charge in [-0.3, -0.25) is 0 Å². The predicted octanol–water partition coefficient (Wildman–Crippen LogP) is 5.47. The van der Waals surface area contributed by atoms with Crippen molar-refractivity contribution in [1.82, 2.24) is 0 Å². The number of hydrogen-bond donors (Lipinski definition) is 1. The maximum absolute atomic E-state index is 9.72. The highest BCUT2D eigenvalue weighted by molar-refractivity contribution is 9.11. The molecule has 0 saturated carbocycles. The molecule has 0 aliphatic rings. The fourth-order valence-corrected chi connectivity index (χ4v) is 2.73. The fraction of sp³-hybridized carbons (Fsp3) is 0. The second-order valence-electron chi connectivity index (χ2n) is 3.29. The van der Waals surface area contributed by atoms with E-state index in [4.69, 9.17) is 4.74 Å². The number of ether oxygens (including phenoxy) is 1. The molecule has 0 aromatic heterocycles.